The maximum atomic E-state index is 13.4. The van der Waals surface area contributed by atoms with Gasteiger partial charge in [-0.3, -0.25) is 19.5 Å². The Balaban J connectivity index is 2.15. The van der Waals surface area contributed by atoms with Gasteiger partial charge in [0.2, 0.25) is 5.91 Å². The third kappa shape index (κ3) is 5.16. The van der Waals surface area contributed by atoms with Gasteiger partial charge in [0.1, 0.15) is 6.04 Å². The molecule has 29 heavy (non-hydrogen) atoms. The number of hydrogen-bond donors (Lipinski definition) is 1. The highest BCUT2D eigenvalue weighted by atomic mass is 35.5. The second kappa shape index (κ2) is 8.67. The van der Waals surface area contributed by atoms with Gasteiger partial charge >= 0.3 is 0 Å². The molecule has 1 aromatic carbocycles. The van der Waals surface area contributed by atoms with Gasteiger partial charge in [-0.05, 0) is 62.6 Å². The van der Waals surface area contributed by atoms with E-state index in [4.69, 9.17) is 11.6 Å². The molecular weight excluding hydrogens is 410 g/mol. The van der Waals surface area contributed by atoms with Crippen molar-refractivity contribution >= 4 is 40.6 Å². The van der Waals surface area contributed by atoms with Gasteiger partial charge in [-0.2, -0.15) is 0 Å². The van der Waals surface area contributed by atoms with Crippen molar-refractivity contribution in [2.45, 2.75) is 32.4 Å². The average molecular weight is 430 g/mol. The number of benzene rings is 1. The topological polar surface area (TPSA) is 88.1 Å². The maximum Gasteiger partial charge on any atom is 0.280 e. The Labute approximate surface area is 177 Å². The van der Waals surface area contributed by atoms with Crippen LogP contribution in [-0.4, -0.2) is 31.9 Å². The molecule has 1 N–H and O–H groups in total. The first-order valence-corrected chi connectivity index (χ1v) is 10.1. The van der Waals surface area contributed by atoms with Crippen molar-refractivity contribution in [2.24, 2.45) is 0 Å². The zero-order valence-electron chi connectivity index (χ0n) is 16.2. The summed E-state index contributed by atoms with van der Waals surface area (Å²) in [6, 6.07) is 9.23. The number of amides is 2. The van der Waals surface area contributed by atoms with Crippen LogP contribution in [0, 0.1) is 0 Å². The minimum absolute atomic E-state index is 0.155. The zero-order chi connectivity index (χ0) is 21.0. The van der Waals surface area contributed by atoms with Crippen LogP contribution in [0.15, 0.2) is 54.2 Å². The summed E-state index contributed by atoms with van der Waals surface area (Å²) in [6.45, 7) is 5.64. The van der Waals surface area contributed by atoms with Gasteiger partial charge in [-0.15, -0.1) is 5.10 Å². The lowest BCUT2D eigenvalue weighted by Gasteiger charge is -2.33. The summed E-state index contributed by atoms with van der Waals surface area (Å²) < 4.78 is 3.78. The summed E-state index contributed by atoms with van der Waals surface area (Å²) in [5.41, 5.74) is 0.738. The van der Waals surface area contributed by atoms with Gasteiger partial charge in [0.25, 0.3) is 5.91 Å². The Morgan fingerprint density at radius 2 is 1.90 bits per heavy atom. The molecule has 2 heterocycles. The van der Waals surface area contributed by atoms with Crippen LogP contribution in [0.4, 0.5) is 5.69 Å². The molecule has 0 aliphatic rings. The van der Waals surface area contributed by atoms with Crippen LogP contribution in [0.2, 0.25) is 5.02 Å². The molecular formula is C20H20ClN5O2S. The van der Waals surface area contributed by atoms with Crippen molar-refractivity contribution in [1.82, 2.24) is 19.9 Å². The van der Waals surface area contributed by atoms with E-state index in [1.807, 2.05) is 20.8 Å². The molecule has 0 bridgehead atoms. The van der Waals surface area contributed by atoms with E-state index in [2.05, 4.69) is 19.9 Å². The molecule has 0 aliphatic carbocycles. The number of rotatable bonds is 5. The lowest BCUT2D eigenvalue weighted by molar-refractivity contribution is -0.123. The molecule has 0 fully saturated rings. The molecule has 0 saturated heterocycles. The lowest BCUT2D eigenvalue weighted by Crippen LogP contribution is -2.49. The number of aromatic nitrogens is 3. The zero-order valence-corrected chi connectivity index (χ0v) is 17.7. The molecule has 150 valence electrons. The Bertz CT molecular complexity index is 972. The van der Waals surface area contributed by atoms with Crippen LogP contribution in [0.25, 0.3) is 0 Å². The van der Waals surface area contributed by atoms with Crippen molar-refractivity contribution in [3.8, 4) is 0 Å². The van der Waals surface area contributed by atoms with E-state index in [-0.39, 0.29) is 11.6 Å². The molecule has 0 aliphatic heterocycles. The van der Waals surface area contributed by atoms with Crippen molar-refractivity contribution < 1.29 is 9.59 Å². The predicted molar refractivity (Wildman–Crippen MR) is 113 cm³/mol. The molecule has 0 unspecified atom stereocenters. The summed E-state index contributed by atoms with van der Waals surface area (Å²) in [5.74, 6) is -0.782. The number of nitrogens with one attached hydrogen (secondary N) is 1. The van der Waals surface area contributed by atoms with Crippen LogP contribution in [0.5, 0.6) is 0 Å². The third-order valence-corrected chi connectivity index (χ3v) is 4.66. The summed E-state index contributed by atoms with van der Waals surface area (Å²) in [6.07, 6.45) is 3.18. The fourth-order valence-electron chi connectivity index (χ4n) is 2.76. The fraction of sp³-hybridized carbons (Fsp3) is 0.250. The summed E-state index contributed by atoms with van der Waals surface area (Å²) in [7, 11) is 0. The minimum atomic E-state index is -0.960. The van der Waals surface area contributed by atoms with Gasteiger partial charge in [0.05, 0.1) is 0 Å². The molecule has 0 spiro atoms. The van der Waals surface area contributed by atoms with E-state index in [0.29, 0.717) is 16.3 Å². The summed E-state index contributed by atoms with van der Waals surface area (Å²) >= 11 is 7.09. The molecule has 3 rings (SSSR count). The lowest BCUT2D eigenvalue weighted by atomic mass is 10.0. The van der Waals surface area contributed by atoms with Crippen LogP contribution >= 0.6 is 23.1 Å². The van der Waals surface area contributed by atoms with Gasteiger partial charge in [-0.1, -0.05) is 22.2 Å². The van der Waals surface area contributed by atoms with Crippen LogP contribution in [0.3, 0.4) is 0 Å². The Kier molecular flexibility index (Phi) is 6.24. The van der Waals surface area contributed by atoms with Crippen molar-refractivity contribution in [3.63, 3.8) is 0 Å². The predicted octanol–water partition coefficient (Wildman–Crippen LogP) is 3.89. The van der Waals surface area contributed by atoms with Crippen molar-refractivity contribution in [2.75, 3.05) is 4.90 Å². The van der Waals surface area contributed by atoms with E-state index in [1.165, 1.54) is 4.90 Å². The third-order valence-electron chi connectivity index (χ3n) is 3.91. The number of anilines is 1. The van der Waals surface area contributed by atoms with Gasteiger partial charge in [0.15, 0.2) is 5.69 Å². The highest BCUT2D eigenvalue weighted by molar-refractivity contribution is 7.03. The molecule has 7 nitrogen and oxygen atoms in total. The maximum absolute atomic E-state index is 13.4. The molecule has 3 aromatic rings. The highest BCUT2D eigenvalue weighted by Crippen LogP contribution is 2.30. The number of hydrogen-bond acceptors (Lipinski definition) is 6. The Morgan fingerprint density at radius 1 is 1.17 bits per heavy atom. The van der Waals surface area contributed by atoms with Gasteiger partial charge in [-0.25, -0.2) is 0 Å². The van der Waals surface area contributed by atoms with Gasteiger partial charge < -0.3 is 5.32 Å². The molecule has 2 amide bonds. The minimum Gasteiger partial charge on any atom is -0.349 e. The van der Waals surface area contributed by atoms with Crippen LogP contribution < -0.4 is 10.2 Å². The van der Waals surface area contributed by atoms with E-state index >= 15 is 0 Å². The fourth-order valence-corrected chi connectivity index (χ4v) is 3.32. The SMILES string of the molecule is CC(C)(C)NC(=O)[C@H](c1cccnc1)N(C(=O)c1csnn1)c1ccc(Cl)cc1. The standard InChI is InChI=1S/C20H20ClN5O2S/c1-20(2,3)23-18(27)17(13-5-4-10-22-11-13)26(15-8-6-14(21)7-9-15)19(28)16-12-29-25-24-16/h4-12,17H,1-3H3,(H,23,27)/t17-/m0/s1. The molecule has 2 aromatic heterocycles. The second-order valence-electron chi connectivity index (χ2n) is 7.37. The number of halogens is 1. The van der Waals surface area contributed by atoms with E-state index in [1.54, 1.807) is 54.2 Å². The Hall–Kier alpha value is -2.84. The van der Waals surface area contributed by atoms with E-state index < -0.39 is 17.5 Å². The summed E-state index contributed by atoms with van der Waals surface area (Å²) in [5, 5.41) is 8.92. The first-order chi connectivity index (χ1) is 13.8. The number of nitrogens with zero attached hydrogens (tertiary/aromatic N) is 4. The molecule has 1 atom stereocenters. The highest BCUT2D eigenvalue weighted by Gasteiger charge is 2.35. The summed E-state index contributed by atoms with van der Waals surface area (Å²) in [4.78, 5) is 32.2. The van der Waals surface area contributed by atoms with Gasteiger partial charge in [0, 0.05) is 39.6 Å². The smallest absolute Gasteiger partial charge is 0.280 e. The van der Waals surface area contributed by atoms with Crippen molar-refractivity contribution in [3.05, 3.63) is 70.5 Å². The normalized spacial score (nSPS) is 12.3. The molecule has 9 heteroatoms. The monoisotopic (exact) mass is 429 g/mol. The quantitative estimate of drug-likeness (QED) is 0.664. The number of carbonyl (C=O) groups excluding carboxylic acids is 2. The van der Waals surface area contributed by atoms with Crippen molar-refractivity contribution in [1.29, 1.82) is 0 Å². The van der Waals surface area contributed by atoms with Crippen LogP contribution in [0.1, 0.15) is 42.9 Å². The first-order valence-electron chi connectivity index (χ1n) is 8.84. The number of pyridine rings is 1. The average Bonchev–Trinajstić information content (AvgIpc) is 3.20. The first kappa shape index (κ1) is 20.9. The van der Waals surface area contributed by atoms with E-state index in [9.17, 15) is 9.59 Å². The number of carbonyl (C=O) groups is 2. The Morgan fingerprint density at radius 3 is 2.45 bits per heavy atom. The largest absolute Gasteiger partial charge is 0.349 e. The van der Waals surface area contributed by atoms with E-state index in [0.717, 1.165) is 11.5 Å². The second-order valence-corrected chi connectivity index (χ2v) is 8.42. The molecule has 0 radical (unpaired) electrons. The molecule has 0 saturated carbocycles. The van der Waals surface area contributed by atoms with Crippen LogP contribution in [-0.2, 0) is 4.79 Å².